The molecular formula is C15H23N3O2. The van der Waals surface area contributed by atoms with Crippen molar-refractivity contribution in [2.75, 3.05) is 19.6 Å². The van der Waals surface area contributed by atoms with Gasteiger partial charge in [-0.2, -0.15) is 0 Å². The summed E-state index contributed by atoms with van der Waals surface area (Å²) in [6, 6.07) is 0.114. The van der Waals surface area contributed by atoms with Crippen LogP contribution < -0.4 is 10.6 Å². The molecule has 5 heteroatoms. The van der Waals surface area contributed by atoms with Gasteiger partial charge in [0.2, 0.25) is 11.8 Å². The van der Waals surface area contributed by atoms with E-state index < -0.39 is 0 Å². The molecule has 5 nitrogen and oxygen atoms in total. The number of rotatable bonds is 1. The highest BCUT2D eigenvalue weighted by molar-refractivity contribution is 5.87. The second-order valence-electron chi connectivity index (χ2n) is 6.83. The first kappa shape index (κ1) is 12.6. The number of carbonyl (C=O) groups is 2. The van der Waals surface area contributed by atoms with Crippen molar-refractivity contribution in [1.82, 2.24) is 15.5 Å². The molecule has 0 spiro atoms. The zero-order valence-electron chi connectivity index (χ0n) is 11.8. The van der Waals surface area contributed by atoms with Crippen LogP contribution in [0.4, 0.5) is 0 Å². The Morgan fingerprint density at radius 1 is 1.15 bits per heavy atom. The van der Waals surface area contributed by atoms with Gasteiger partial charge in [-0.1, -0.05) is 6.42 Å². The molecule has 3 saturated heterocycles. The number of amides is 2. The lowest BCUT2D eigenvalue weighted by Crippen LogP contribution is -2.55. The van der Waals surface area contributed by atoms with Crippen molar-refractivity contribution >= 4 is 11.8 Å². The van der Waals surface area contributed by atoms with E-state index in [9.17, 15) is 9.59 Å². The summed E-state index contributed by atoms with van der Waals surface area (Å²) in [5.41, 5.74) is 0. The number of fused-ring (bicyclic) bond motifs is 2. The molecule has 2 N–H and O–H groups in total. The van der Waals surface area contributed by atoms with Gasteiger partial charge in [-0.3, -0.25) is 9.59 Å². The monoisotopic (exact) mass is 277 g/mol. The maximum atomic E-state index is 12.9. The van der Waals surface area contributed by atoms with Gasteiger partial charge < -0.3 is 15.5 Å². The van der Waals surface area contributed by atoms with Gasteiger partial charge in [0.1, 0.15) is 0 Å². The quantitative estimate of drug-likeness (QED) is 0.715. The number of hydrogen-bond donors (Lipinski definition) is 2. The normalized spacial score (nSPS) is 43.3. The summed E-state index contributed by atoms with van der Waals surface area (Å²) in [4.78, 5) is 26.7. The van der Waals surface area contributed by atoms with Crippen molar-refractivity contribution in [3.05, 3.63) is 0 Å². The lowest BCUT2D eigenvalue weighted by atomic mass is 9.88. The molecule has 0 aromatic rings. The molecule has 4 aliphatic rings. The molecule has 4 fully saturated rings. The van der Waals surface area contributed by atoms with Crippen LogP contribution in [0.3, 0.4) is 0 Å². The molecule has 0 bridgehead atoms. The van der Waals surface area contributed by atoms with Crippen molar-refractivity contribution in [3.63, 3.8) is 0 Å². The van der Waals surface area contributed by atoms with Gasteiger partial charge in [-0.25, -0.2) is 0 Å². The standard InChI is InChI=1S/C15H23N3O2/c19-14-11-5-2-6-18(12(11)8-17-14)15(20)13-10-4-1-3-9(10)7-16-13/h9-13,16H,1-8H2,(H,17,19). The number of hydrogen-bond acceptors (Lipinski definition) is 3. The van der Waals surface area contributed by atoms with Gasteiger partial charge in [-0.05, 0) is 44.1 Å². The van der Waals surface area contributed by atoms with Crippen LogP contribution in [0.25, 0.3) is 0 Å². The van der Waals surface area contributed by atoms with Crippen LogP contribution in [-0.4, -0.2) is 48.4 Å². The zero-order valence-corrected chi connectivity index (χ0v) is 11.8. The second kappa shape index (κ2) is 4.72. The minimum absolute atomic E-state index is 0.0111. The first-order chi connectivity index (χ1) is 9.75. The summed E-state index contributed by atoms with van der Waals surface area (Å²) in [5.74, 6) is 1.67. The van der Waals surface area contributed by atoms with Crippen LogP contribution >= 0.6 is 0 Å². The van der Waals surface area contributed by atoms with E-state index in [1.807, 2.05) is 4.90 Å². The van der Waals surface area contributed by atoms with E-state index in [2.05, 4.69) is 10.6 Å². The minimum atomic E-state index is 0.0111. The molecule has 1 aliphatic carbocycles. The fourth-order valence-electron chi connectivity index (χ4n) is 4.86. The fourth-order valence-corrected chi connectivity index (χ4v) is 4.86. The molecule has 3 heterocycles. The third-order valence-corrected chi connectivity index (χ3v) is 5.90. The highest BCUT2D eigenvalue weighted by atomic mass is 16.2. The molecule has 1 saturated carbocycles. The number of nitrogens with zero attached hydrogens (tertiary/aromatic N) is 1. The first-order valence-electron chi connectivity index (χ1n) is 8.07. The van der Waals surface area contributed by atoms with Gasteiger partial charge in [0.15, 0.2) is 0 Å². The van der Waals surface area contributed by atoms with Gasteiger partial charge in [0.05, 0.1) is 18.0 Å². The molecule has 0 radical (unpaired) electrons. The average Bonchev–Trinajstić information content (AvgIpc) is 3.13. The van der Waals surface area contributed by atoms with E-state index in [0.717, 1.165) is 25.9 Å². The average molecular weight is 277 g/mol. The second-order valence-corrected chi connectivity index (χ2v) is 6.83. The molecule has 2 amide bonds. The Kier molecular flexibility index (Phi) is 2.98. The summed E-state index contributed by atoms with van der Waals surface area (Å²) in [7, 11) is 0. The highest BCUT2D eigenvalue weighted by Gasteiger charge is 2.48. The van der Waals surface area contributed by atoms with Crippen molar-refractivity contribution < 1.29 is 9.59 Å². The Morgan fingerprint density at radius 3 is 2.95 bits per heavy atom. The number of nitrogens with one attached hydrogen (secondary N) is 2. The summed E-state index contributed by atoms with van der Waals surface area (Å²) >= 11 is 0. The number of carbonyl (C=O) groups excluding carboxylic acids is 2. The van der Waals surface area contributed by atoms with Crippen LogP contribution in [0.1, 0.15) is 32.1 Å². The van der Waals surface area contributed by atoms with E-state index in [1.165, 1.54) is 19.3 Å². The highest BCUT2D eigenvalue weighted by Crippen LogP contribution is 2.39. The van der Waals surface area contributed by atoms with Crippen LogP contribution in [0.5, 0.6) is 0 Å². The SMILES string of the molecule is O=C1NCC2C1CCCN2C(=O)C1NCC2CCCC21. The number of piperidine rings is 1. The van der Waals surface area contributed by atoms with Gasteiger partial charge in [0, 0.05) is 13.1 Å². The van der Waals surface area contributed by atoms with Crippen LogP contribution in [-0.2, 0) is 9.59 Å². The van der Waals surface area contributed by atoms with Gasteiger partial charge >= 0.3 is 0 Å². The fraction of sp³-hybridized carbons (Fsp3) is 0.867. The molecule has 5 unspecified atom stereocenters. The molecule has 110 valence electrons. The smallest absolute Gasteiger partial charge is 0.240 e. The van der Waals surface area contributed by atoms with E-state index >= 15 is 0 Å². The zero-order chi connectivity index (χ0) is 13.7. The Hall–Kier alpha value is -1.10. The van der Waals surface area contributed by atoms with Crippen LogP contribution in [0.2, 0.25) is 0 Å². The number of likely N-dealkylation sites (tertiary alicyclic amines) is 1. The molecule has 20 heavy (non-hydrogen) atoms. The van der Waals surface area contributed by atoms with Crippen molar-refractivity contribution in [3.8, 4) is 0 Å². The molecule has 0 aromatic carbocycles. The summed E-state index contributed by atoms with van der Waals surface area (Å²) in [5, 5.41) is 6.38. The van der Waals surface area contributed by atoms with Crippen LogP contribution in [0, 0.1) is 17.8 Å². The Morgan fingerprint density at radius 2 is 2.05 bits per heavy atom. The molecule has 0 aromatic heterocycles. The topological polar surface area (TPSA) is 61.4 Å². The third kappa shape index (κ3) is 1.79. The van der Waals surface area contributed by atoms with Crippen molar-refractivity contribution in [2.45, 2.75) is 44.2 Å². The summed E-state index contributed by atoms with van der Waals surface area (Å²) in [6.45, 7) is 2.47. The molecule has 4 rings (SSSR count). The first-order valence-corrected chi connectivity index (χ1v) is 8.07. The summed E-state index contributed by atoms with van der Waals surface area (Å²) < 4.78 is 0. The maximum absolute atomic E-state index is 12.9. The molecule has 3 aliphatic heterocycles. The van der Waals surface area contributed by atoms with Crippen LogP contribution in [0.15, 0.2) is 0 Å². The van der Waals surface area contributed by atoms with Gasteiger partial charge in [-0.15, -0.1) is 0 Å². The Bertz CT molecular complexity index is 439. The Balaban J connectivity index is 1.52. The van der Waals surface area contributed by atoms with E-state index in [4.69, 9.17) is 0 Å². The predicted molar refractivity (Wildman–Crippen MR) is 73.9 cm³/mol. The summed E-state index contributed by atoms with van der Waals surface area (Å²) in [6.07, 6.45) is 5.62. The molecule has 5 atom stereocenters. The van der Waals surface area contributed by atoms with Crippen molar-refractivity contribution in [1.29, 1.82) is 0 Å². The van der Waals surface area contributed by atoms with E-state index in [-0.39, 0.29) is 29.8 Å². The van der Waals surface area contributed by atoms with Gasteiger partial charge in [0.25, 0.3) is 0 Å². The van der Waals surface area contributed by atoms with E-state index in [1.54, 1.807) is 0 Å². The molecular weight excluding hydrogens is 254 g/mol. The van der Waals surface area contributed by atoms with Crippen molar-refractivity contribution in [2.24, 2.45) is 17.8 Å². The minimum Gasteiger partial charge on any atom is -0.354 e. The predicted octanol–water partition coefficient (Wildman–Crippen LogP) is 0.112. The third-order valence-electron chi connectivity index (χ3n) is 5.90. The maximum Gasteiger partial charge on any atom is 0.240 e. The van der Waals surface area contributed by atoms with E-state index in [0.29, 0.717) is 18.4 Å². The lowest BCUT2D eigenvalue weighted by Gasteiger charge is -2.38. The Labute approximate surface area is 119 Å². The lowest BCUT2D eigenvalue weighted by molar-refractivity contribution is -0.139. The largest absolute Gasteiger partial charge is 0.354 e.